The highest BCUT2D eigenvalue weighted by atomic mass is 35.5. The van der Waals surface area contributed by atoms with E-state index in [9.17, 15) is 0 Å². The Labute approximate surface area is 173 Å². The molecule has 5 nitrogen and oxygen atoms in total. The molecule has 1 N–H and O–H groups in total. The summed E-state index contributed by atoms with van der Waals surface area (Å²) in [6.07, 6.45) is 3.53. The minimum Gasteiger partial charge on any atom is -0.371 e. The van der Waals surface area contributed by atoms with E-state index >= 15 is 0 Å². The lowest BCUT2D eigenvalue weighted by atomic mass is 10.0. The fraction of sp³-hybridized carbons (Fsp3) is 0.545. The Kier molecular flexibility index (Phi) is 6.02. The molecule has 2 aromatic rings. The van der Waals surface area contributed by atoms with E-state index in [1.54, 1.807) is 0 Å². The predicted octanol–water partition coefficient (Wildman–Crippen LogP) is 4.04. The van der Waals surface area contributed by atoms with Gasteiger partial charge >= 0.3 is 0 Å². The monoisotopic (exact) mass is 399 g/mol. The third-order valence-electron chi connectivity index (χ3n) is 5.93. The molecule has 150 valence electrons. The Morgan fingerprint density at radius 2 is 1.86 bits per heavy atom. The lowest BCUT2D eigenvalue weighted by Gasteiger charge is -2.33. The van der Waals surface area contributed by atoms with Crippen LogP contribution in [0.15, 0.2) is 30.3 Å². The highest BCUT2D eigenvalue weighted by Crippen LogP contribution is 2.25. The zero-order valence-electron chi connectivity index (χ0n) is 16.9. The van der Waals surface area contributed by atoms with Crippen LogP contribution < -0.4 is 15.1 Å². The van der Waals surface area contributed by atoms with Crippen LogP contribution in [-0.2, 0) is 6.54 Å². The highest BCUT2D eigenvalue weighted by molar-refractivity contribution is 6.28. The molecular weight excluding hydrogens is 370 g/mol. The first kappa shape index (κ1) is 19.5. The van der Waals surface area contributed by atoms with Gasteiger partial charge < -0.3 is 15.1 Å². The average Bonchev–Trinajstić information content (AvgIpc) is 3.13. The van der Waals surface area contributed by atoms with Crippen molar-refractivity contribution in [2.75, 3.05) is 36.0 Å². The van der Waals surface area contributed by atoms with E-state index in [0.717, 1.165) is 49.9 Å². The van der Waals surface area contributed by atoms with Gasteiger partial charge in [-0.3, -0.25) is 0 Å². The minimum atomic E-state index is 0.336. The number of hydrogen-bond acceptors (Lipinski definition) is 5. The number of rotatable bonds is 5. The summed E-state index contributed by atoms with van der Waals surface area (Å²) in [5, 5.41) is 4.09. The zero-order valence-corrected chi connectivity index (χ0v) is 17.6. The van der Waals surface area contributed by atoms with Crippen molar-refractivity contribution in [3.63, 3.8) is 0 Å². The molecule has 6 heteroatoms. The van der Waals surface area contributed by atoms with Gasteiger partial charge in [0, 0.05) is 56.2 Å². The van der Waals surface area contributed by atoms with Crippen LogP contribution in [0.1, 0.15) is 37.4 Å². The molecule has 1 aromatic heterocycles. The zero-order chi connectivity index (χ0) is 19.5. The first-order chi connectivity index (χ1) is 13.6. The molecule has 1 unspecified atom stereocenters. The second kappa shape index (κ2) is 8.66. The van der Waals surface area contributed by atoms with E-state index in [0.29, 0.717) is 11.3 Å². The predicted molar refractivity (Wildman–Crippen MR) is 116 cm³/mol. The van der Waals surface area contributed by atoms with E-state index in [2.05, 4.69) is 56.3 Å². The summed E-state index contributed by atoms with van der Waals surface area (Å²) in [5.41, 5.74) is 3.66. The number of aromatic nitrogens is 2. The molecule has 4 rings (SSSR count). The molecular formula is C22H30ClN5. The molecule has 0 radical (unpaired) electrons. The maximum atomic E-state index is 6.02. The quantitative estimate of drug-likeness (QED) is 0.768. The third-order valence-corrected chi connectivity index (χ3v) is 6.10. The van der Waals surface area contributed by atoms with E-state index in [-0.39, 0.29) is 0 Å². The third kappa shape index (κ3) is 4.76. The molecule has 2 aliphatic heterocycles. The Bertz CT molecular complexity index is 783. The maximum absolute atomic E-state index is 6.02. The summed E-state index contributed by atoms with van der Waals surface area (Å²) in [6, 6.07) is 11.6. The maximum Gasteiger partial charge on any atom is 0.224 e. The van der Waals surface area contributed by atoms with Crippen LogP contribution in [0.3, 0.4) is 0 Å². The number of halogens is 1. The molecule has 0 aliphatic carbocycles. The molecule has 0 spiro atoms. The smallest absolute Gasteiger partial charge is 0.224 e. The molecule has 28 heavy (non-hydrogen) atoms. The second-order valence-electron chi connectivity index (χ2n) is 8.29. The van der Waals surface area contributed by atoms with Crippen LogP contribution in [0, 0.1) is 12.8 Å². The Balaban J connectivity index is 1.29. The van der Waals surface area contributed by atoms with Crippen molar-refractivity contribution in [1.82, 2.24) is 15.3 Å². The van der Waals surface area contributed by atoms with Crippen LogP contribution in [-0.4, -0.2) is 42.2 Å². The normalized spacial score (nSPS) is 20.8. The standard InChI is InChI=1S/C22H30ClN5/c1-16-6-9-28(15-16)20-5-3-4-18(13-20)14-24-19-7-10-27(11-8-19)21-12-17(2)25-22(23)26-21/h3-5,12-13,16,19,24H,6-11,14-15H2,1-2H3. The second-order valence-corrected chi connectivity index (χ2v) is 8.63. The molecule has 2 saturated heterocycles. The molecule has 1 aromatic carbocycles. The van der Waals surface area contributed by atoms with Crippen molar-refractivity contribution < 1.29 is 0 Å². The number of nitrogens with zero attached hydrogens (tertiary/aromatic N) is 4. The molecule has 0 bridgehead atoms. The van der Waals surface area contributed by atoms with Gasteiger partial charge in [-0.25, -0.2) is 9.97 Å². The van der Waals surface area contributed by atoms with Crippen LogP contribution in [0.5, 0.6) is 0 Å². The lowest BCUT2D eigenvalue weighted by molar-refractivity contribution is 0.412. The fourth-order valence-corrected chi connectivity index (χ4v) is 4.51. The van der Waals surface area contributed by atoms with E-state index < -0.39 is 0 Å². The van der Waals surface area contributed by atoms with Gasteiger partial charge in [-0.2, -0.15) is 0 Å². The highest BCUT2D eigenvalue weighted by Gasteiger charge is 2.21. The summed E-state index contributed by atoms with van der Waals surface area (Å²) < 4.78 is 0. The minimum absolute atomic E-state index is 0.336. The van der Waals surface area contributed by atoms with Crippen LogP contribution >= 0.6 is 11.6 Å². The van der Waals surface area contributed by atoms with Crippen LogP contribution in [0.4, 0.5) is 11.5 Å². The number of nitrogens with one attached hydrogen (secondary N) is 1. The average molecular weight is 400 g/mol. The van der Waals surface area contributed by atoms with Gasteiger partial charge in [-0.15, -0.1) is 0 Å². The van der Waals surface area contributed by atoms with E-state index in [1.165, 1.54) is 30.8 Å². The SMILES string of the molecule is Cc1cc(N2CCC(NCc3cccc(N4CCC(C)C4)c3)CC2)nc(Cl)n1. The number of anilines is 2. The summed E-state index contributed by atoms with van der Waals surface area (Å²) in [5.74, 6) is 1.75. The molecule has 3 heterocycles. The van der Waals surface area contributed by atoms with Crippen molar-refractivity contribution in [1.29, 1.82) is 0 Å². The molecule has 0 saturated carbocycles. The first-order valence-electron chi connectivity index (χ1n) is 10.4. The van der Waals surface area contributed by atoms with Crippen molar-refractivity contribution >= 4 is 23.1 Å². The summed E-state index contributed by atoms with van der Waals surface area (Å²) in [6.45, 7) is 9.59. The van der Waals surface area contributed by atoms with Gasteiger partial charge in [0.05, 0.1) is 0 Å². The van der Waals surface area contributed by atoms with Gasteiger partial charge in [0.25, 0.3) is 0 Å². The molecule has 0 amide bonds. The lowest BCUT2D eigenvalue weighted by Crippen LogP contribution is -2.42. The Hall–Kier alpha value is -1.85. The number of hydrogen-bond donors (Lipinski definition) is 1. The molecule has 1 atom stereocenters. The van der Waals surface area contributed by atoms with Crippen LogP contribution in [0.25, 0.3) is 0 Å². The summed E-state index contributed by atoms with van der Waals surface area (Å²) >= 11 is 6.02. The van der Waals surface area contributed by atoms with Gasteiger partial charge in [0.2, 0.25) is 5.28 Å². The summed E-state index contributed by atoms with van der Waals surface area (Å²) in [4.78, 5) is 13.4. The number of piperidine rings is 1. The Morgan fingerprint density at radius 1 is 1.07 bits per heavy atom. The van der Waals surface area contributed by atoms with Crippen molar-refractivity contribution in [2.45, 2.75) is 45.7 Å². The first-order valence-corrected chi connectivity index (χ1v) is 10.8. The van der Waals surface area contributed by atoms with E-state index in [4.69, 9.17) is 11.6 Å². The van der Waals surface area contributed by atoms with E-state index in [1.807, 2.05) is 13.0 Å². The Morgan fingerprint density at radius 3 is 2.57 bits per heavy atom. The van der Waals surface area contributed by atoms with Crippen molar-refractivity contribution in [2.24, 2.45) is 5.92 Å². The van der Waals surface area contributed by atoms with Crippen molar-refractivity contribution in [3.8, 4) is 0 Å². The van der Waals surface area contributed by atoms with Gasteiger partial charge in [-0.05, 0) is 61.4 Å². The van der Waals surface area contributed by atoms with Gasteiger partial charge in [0.1, 0.15) is 5.82 Å². The fourth-order valence-electron chi connectivity index (χ4n) is 4.29. The number of aryl methyl sites for hydroxylation is 1. The topological polar surface area (TPSA) is 44.3 Å². The molecule has 2 aliphatic rings. The largest absolute Gasteiger partial charge is 0.371 e. The van der Waals surface area contributed by atoms with Gasteiger partial charge in [-0.1, -0.05) is 19.1 Å². The summed E-state index contributed by atoms with van der Waals surface area (Å²) in [7, 11) is 0. The number of benzene rings is 1. The van der Waals surface area contributed by atoms with Gasteiger partial charge in [0.15, 0.2) is 0 Å². The van der Waals surface area contributed by atoms with Crippen molar-refractivity contribution in [3.05, 3.63) is 46.9 Å². The molecule has 2 fully saturated rings. The van der Waals surface area contributed by atoms with Crippen LogP contribution in [0.2, 0.25) is 5.28 Å².